The molecule has 1 aromatic carbocycles. The highest BCUT2D eigenvalue weighted by atomic mass is 15.2. The van der Waals surface area contributed by atoms with Crippen molar-refractivity contribution in [2.75, 3.05) is 11.4 Å². The van der Waals surface area contributed by atoms with Crippen molar-refractivity contribution in [1.82, 2.24) is 9.78 Å². The molecule has 1 aliphatic heterocycles. The van der Waals surface area contributed by atoms with Crippen molar-refractivity contribution < 1.29 is 0 Å². The Bertz CT molecular complexity index is 736. The number of rotatable bonds is 2. The van der Waals surface area contributed by atoms with Crippen LogP contribution >= 0.6 is 0 Å². The van der Waals surface area contributed by atoms with Crippen LogP contribution in [-0.4, -0.2) is 22.4 Å². The molecule has 0 fully saturated rings. The van der Waals surface area contributed by atoms with Crippen LogP contribution in [0.2, 0.25) is 0 Å². The summed E-state index contributed by atoms with van der Waals surface area (Å²) < 4.78 is 1.78. The molecule has 2 aromatic rings. The van der Waals surface area contributed by atoms with Gasteiger partial charge in [-0.15, -0.1) is 0 Å². The molecule has 0 aliphatic carbocycles. The Labute approximate surface area is 132 Å². The number of nitriles is 1. The van der Waals surface area contributed by atoms with Gasteiger partial charge >= 0.3 is 0 Å². The lowest BCUT2D eigenvalue weighted by Crippen LogP contribution is -2.36. The third-order valence-electron chi connectivity index (χ3n) is 4.57. The molecule has 0 bridgehead atoms. The number of fused-ring (bicyclic) bond motifs is 1. The predicted octanol–water partition coefficient (Wildman–Crippen LogP) is 3.68. The van der Waals surface area contributed by atoms with E-state index in [4.69, 9.17) is 0 Å². The first-order valence-corrected chi connectivity index (χ1v) is 7.85. The fraction of sp³-hybridized carbons (Fsp3) is 0.444. The molecule has 0 N–H and O–H groups in total. The molecule has 2 heterocycles. The molecule has 1 atom stereocenters. The molecular formula is C18H22N4. The summed E-state index contributed by atoms with van der Waals surface area (Å²) in [5.74, 6) is 0.521. The van der Waals surface area contributed by atoms with Crippen LogP contribution < -0.4 is 4.90 Å². The molecule has 22 heavy (non-hydrogen) atoms. The van der Waals surface area contributed by atoms with Gasteiger partial charge in [0.05, 0.1) is 17.8 Å². The third-order valence-corrected chi connectivity index (χ3v) is 4.57. The number of nitrogens with zero attached hydrogens (tertiary/aromatic N) is 4. The Morgan fingerprint density at radius 1 is 1.36 bits per heavy atom. The van der Waals surface area contributed by atoms with E-state index in [0.717, 1.165) is 29.7 Å². The van der Waals surface area contributed by atoms with E-state index >= 15 is 0 Å². The van der Waals surface area contributed by atoms with E-state index in [1.165, 1.54) is 11.3 Å². The zero-order chi connectivity index (χ0) is 15.9. The maximum atomic E-state index is 9.58. The summed E-state index contributed by atoms with van der Waals surface area (Å²) in [5, 5.41) is 13.8. The van der Waals surface area contributed by atoms with Gasteiger partial charge < -0.3 is 4.90 Å². The minimum absolute atomic E-state index is 0.446. The summed E-state index contributed by atoms with van der Waals surface area (Å²) in [7, 11) is 1.90. The van der Waals surface area contributed by atoms with Crippen LogP contribution in [0.1, 0.15) is 44.2 Å². The van der Waals surface area contributed by atoms with E-state index in [1.54, 1.807) is 4.68 Å². The van der Waals surface area contributed by atoms with Gasteiger partial charge in [-0.2, -0.15) is 10.4 Å². The van der Waals surface area contributed by atoms with E-state index in [2.05, 4.69) is 49.0 Å². The van der Waals surface area contributed by atoms with Gasteiger partial charge in [-0.1, -0.05) is 6.92 Å². The summed E-state index contributed by atoms with van der Waals surface area (Å²) in [6, 6.07) is 7.07. The van der Waals surface area contributed by atoms with Crippen molar-refractivity contribution in [3.8, 4) is 17.2 Å². The number of benzene rings is 1. The zero-order valence-corrected chi connectivity index (χ0v) is 13.7. The highest BCUT2D eigenvalue weighted by Gasteiger charge is 2.26. The summed E-state index contributed by atoms with van der Waals surface area (Å²) in [6.07, 6.45) is 4.95. The quantitative estimate of drug-likeness (QED) is 0.848. The lowest BCUT2D eigenvalue weighted by Gasteiger charge is -2.38. The first kappa shape index (κ1) is 14.6. The van der Waals surface area contributed by atoms with Crippen LogP contribution in [0.3, 0.4) is 0 Å². The first-order valence-electron chi connectivity index (χ1n) is 7.85. The van der Waals surface area contributed by atoms with Crippen molar-refractivity contribution >= 4 is 5.69 Å². The molecule has 4 heteroatoms. The lowest BCUT2D eigenvalue weighted by molar-refractivity contribution is 0.573. The largest absolute Gasteiger partial charge is 0.369 e. The Morgan fingerprint density at radius 3 is 2.73 bits per heavy atom. The maximum Gasteiger partial charge on any atom is 0.0998 e. The molecule has 0 amide bonds. The summed E-state index contributed by atoms with van der Waals surface area (Å²) in [6.45, 7) is 7.75. The monoisotopic (exact) mass is 294 g/mol. The van der Waals surface area contributed by atoms with Crippen LogP contribution in [0, 0.1) is 11.3 Å². The van der Waals surface area contributed by atoms with Crippen molar-refractivity contribution in [3.05, 3.63) is 35.7 Å². The molecule has 0 radical (unpaired) electrons. The van der Waals surface area contributed by atoms with Crippen LogP contribution in [0.25, 0.3) is 11.1 Å². The molecule has 0 saturated heterocycles. The number of hydrogen-bond acceptors (Lipinski definition) is 3. The molecular weight excluding hydrogens is 272 g/mol. The second kappa shape index (κ2) is 5.49. The maximum absolute atomic E-state index is 9.58. The number of aromatic nitrogens is 2. The highest BCUT2D eigenvalue weighted by molar-refractivity contribution is 5.76. The normalized spacial score (nSPS) is 17.5. The van der Waals surface area contributed by atoms with E-state index < -0.39 is 0 Å². The topological polar surface area (TPSA) is 44.9 Å². The van der Waals surface area contributed by atoms with Gasteiger partial charge in [-0.05, 0) is 43.9 Å². The molecule has 114 valence electrons. The van der Waals surface area contributed by atoms with E-state index in [9.17, 15) is 5.26 Å². The van der Waals surface area contributed by atoms with Crippen molar-refractivity contribution in [3.63, 3.8) is 0 Å². The predicted molar refractivity (Wildman–Crippen MR) is 88.9 cm³/mol. The van der Waals surface area contributed by atoms with Gasteiger partial charge in [-0.3, -0.25) is 4.68 Å². The average molecular weight is 294 g/mol. The number of aryl methyl sites for hydroxylation is 1. The third kappa shape index (κ3) is 2.37. The number of hydrogen-bond donors (Lipinski definition) is 0. The Hall–Kier alpha value is -2.28. The summed E-state index contributed by atoms with van der Waals surface area (Å²) >= 11 is 0. The fourth-order valence-electron chi connectivity index (χ4n) is 3.29. The highest BCUT2D eigenvalue weighted by Crippen LogP contribution is 2.40. The van der Waals surface area contributed by atoms with Crippen molar-refractivity contribution in [2.45, 2.75) is 39.2 Å². The molecule has 0 unspecified atom stereocenters. The van der Waals surface area contributed by atoms with Gasteiger partial charge in [-0.25, -0.2) is 0 Å². The van der Waals surface area contributed by atoms with Crippen LogP contribution in [0.15, 0.2) is 24.5 Å². The molecule has 0 saturated carbocycles. The standard InChI is InChI=1S/C18H22N4/c1-12(2)22-6-5-13(3)16-8-17(14(9-19)7-18(16)22)15-10-20-21(4)11-15/h7-8,10-13H,5-6H2,1-4H3/t13-/m1/s1. The fourth-order valence-corrected chi connectivity index (χ4v) is 3.29. The van der Waals surface area contributed by atoms with Crippen LogP contribution in [-0.2, 0) is 7.05 Å². The van der Waals surface area contributed by atoms with Gasteiger partial charge in [0.25, 0.3) is 0 Å². The molecule has 1 aliphatic rings. The molecule has 0 spiro atoms. The van der Waals surface area contributed by atoms with Crippen LogP contribution in [0.4, 0.5) is 5.69 Å². The zero-order valence-electron chi connectivity index (χ0n) is 13.7. The molecule has 3 rings (SSSR count). The second-order valence-corrected chi connectivity index (χ2v) is 6.45. The summed E-state index contributed by atoms with van der Waals surface area (Å²) in [5.41, 5.74) is 5.30. The molecule has 4 nitrogen and oxygen atoms in total. The smallest absolute Gasteiger partial charge is 0.0998 e. The Kier molecular flexibility index (Phi) is 3.66. The minimum Gasteiger partial charge on any atom is -0.369 e. The first-order chi connectivity index (χ1) is 10.5. The van der Waals surface area contributed by atoms with Gasteiger partial charge in [0.15, 0.2) is 0 Å². The minimum atomic E-state index is 0.446. The molecule has 1 aromatic heterocycles. The Morgan fingerprint density at radius 2 is 2.14 bits per heavy atom. The van der Waals surface area contributed by atoms with Gasteiger partial charge in [0.2, 0.25) is 0 Å². The second-order valence-electron chi connectivity index (χ2n) is 6.45. The van der Waals surface area contributed by atoms with Crippen molar-refractivity contribution in [2.24, 2.45) is 7.05 Å². The lowest BCUT2D eigenvalue weighted by atomic mass is 9.87. The van der Waals surface area contributed by atoms with Gasteiger partial charge in [0, 0.05) is 42.6 Å². The SMILES string of the molecule is CC(C)N1CC[C@@H](C)c2cc(-c3cnn(C)c3)c(C#N)cc21. The van der Waals surface area contributed by atoms with Gasteiger partial charge in [0.1, 0.15) is 0 Å². The Balaban J connectivity index is 2.19. The van der Waals surface area contributed by atoms with Crippen LogP contribution in [0.5, 0.6) is 0 Å². The average Bonchev–Trinajstić information content (AvgIpc) is 2.92. The summed E-state index contributed by atoms with van der Waals surface area (Å²) in [4.78, 5) is 2.41. The van der Waals surface area contributed by atoms with Crippen molar-refractivity contribution in [1.29, 1.82) is 5.26 Å². The van der Waals surface area contributed by atoms with E-state index in [0.29, 0.717) is 12.0 Å². The van der Waals surface area contributed by atoms with E-state index in [-0.39, 0.29) is 0 Å². The van der Waals surface area contributed by atoms with E-state index in [1.807, 2.05) is 19.4 Å². The number of anilines is 1.